The number of carbonyl (C=O) groups is 1. The van der Waals surface area contributed by atoms with Crippen LogP contribution in [0.1, 0.15) is 16.8 Å². The quantitative estimate of drug-likeness (QED) is 0.414. The number of nitrogens with one attached hydrogen (secondary N) is 2. The zero-order chi connectivity index (χ0) is 25.1. The molecule has 2 atom stereocenters. The summed E-state index contributed by atoms with van der Waals surface area (Å²) >= 11 is 1.49. The minimum absolute atomic E-state index is 0.0316. The minimum Gasteiger partial charge on any atom is -0.481 e. The van der Waals surface area contributed by atoms with E-state index >= 15 is 0 Å². The van der Waals surface area contributed by atoms with Gasteiger partial charge in [-0.05, 0) is 24.6 Å². The maximum Gasteiger partial charge on any atom is 0.235 e. The molecule has 3 aromatic rings. The molecule has 0 radical (unpaired) electrons. The lowest BCUT2D eigenvalue weighted by molar-refractivity contribution is -0.113. The number of aliphatic hydroxyl groups is 1. The van der Waals surface area contributed by atoms with Gasteiger partial charge < -0.3 is 25.4 Å². The Kier molecular flexibility index (Phi) is 7.29. The Hall–Kier alpha value is -3.30. The molecule has 0 bridgehead atoms. The number of fused-ring (bicyclic) bond motifs is 2. The number of anilines is 1. The first-order valence-corrected chi connectivity index (χ1v) is 12.8. The molecule has 1 saturated heterocycles. The highest BCUT2D eigenvalue weighted by atomic mass is 32.2. The number of likely N-dealkylation sites (tertiary alicyclic amines) is 1. The van der Waals surface area contributed by atoms with Gasteiger partial charge in [0, 0.05) is 56.5 Å². The number of nitrogens with zero attached hydrogens (tertiary/aromatic N) is 5. The van der Waals surface area contributed by atoms with Gasteiger partial charge in [0.2, 0.25) is 11.8 Å². The number of aromatic nitrogens is 3. The monoisotopic (exact) mass is 505 g/mol. The van der Waals surface area contributed by atoms with Crippen molar-refractivity contribution in [1.82, 2.24) is 25.2 Å². The van der Waals surface area contributed by atoms with E-state index in [4.69, 9.17) is 4.74 Å². The summed E-state index contributed by atoms with van der Waals surface area (Å²) in [7, 11) is 1.56. The number of pyridine rings is 3. The van der Waals surface area contributed by atoms with Crippen LogP contribution in [-0.4, -0.2) is 76.0 Å². The Balaban J connectivity index is 1.17. The van der Waals surface area contributed by atoms with Gasteiger partial charge in [-0.15, -0.1) is 11.8 Å². The second kappa shape index (κ2) is 10.8. The SMILES string of the molecule is COc1ccc2ncc(C#N)c(CCN3C[C@H](CNCc4ccc5c(n4)NC(=O)CS5)[C@H](O)C3)c2n1. The summed E-state index contributed by atoms with van der Waals surface area (Å²) in [5.74, 6) is 1.58. The summed E-state index contributed by atoms with van der Waals surface area (Å²) in [6.45, 7) is 3.23. The lowest BCUT2D eigenvalue weighted by Gasteiger charge is -2.18. The molecule has 11 heteroatoms. The molecule has 36 heavy (non-hydrogen) atoms. The molecule has 3 N–H and O–H groups in total. The summed E-state index contributed by atoms with van der Waals surface area (Å²) in [5, 5.41) is 26.5. The molecule has 10 nitrogen and oxygen atoms in total. The summed E-state index contributed by atoms with van der Waals surface area (Å²) in [4.78, 5) is 28.2. The van der Waals surface area contributed by atoms with E-state index in [0.717, 1.165) is 28.2 Å². The zero-order valence-electron chi connectivity index (χ0n) is 19.9. The number of nitriles is 1. The minimum atomic E-state index is -0.437. The van der Waals surface area contributed by atoms with E-state index in [2.05, 4.69) is 36.6 Å². The van der Waals surface area contributed by atoms with Crippen LogP contribution in [0.25, 0.3) is 11.0 Å². The number of hydrogen-bond donors (Lipinski definition) is 3. The number of ether oxygens (including phenoxy) is 1. The van der Waals surface area contributed by atoms with Crippen LogP contribution in [0.4, 0.5) is 5.82 Å². The van der Waals surface area contributed by atoms with E-state index in [1.54, 1.807) is 19.4 Å². The molecule has 1 amide bonds. The normalized spacial score (nSPS) is 19.6. The van der Waals surface area contributed by atoms with Crippen molar-refractivity contribution in [2.24, 2.45) is 5.92 Å². The van der Waals surface area contributed by atoms with Crippen LogP contribution in [-0.2, 0) is 17.8 Å². The first-order chi connectivity index (χ1) is 17.5. The van der Waals surface area contributed by atoms with Crippen molar-refractivity contribution in [3.63, 3.8) is 0 Å². The van der Waals surface area contributed by atoms with Crippen molar-refractivity contribution in [2.45, 2.75) is 24.0 Å². The van der Waals surface area contributed by atoms with Crippen LogP contribution in [0.3, 0.4) is 0 Å². The molecule has 2 aliphatic rings. The van der Waals surface area contributed by atoms with Crippen LogP contribution in [0.15, 0.2) is 35.4 Å². The van der Waals surface area contributed by atoms with Crippen LogP contribution in [0.2, 0.25) is 0 Å². The molecule has 0 saturated carbocycles. The van der Waals surface area contributed by atoms with Gasteiger partial charge in [0.1, 0.15) is 11.9 Å². The van der Waals surface area contributed by atoms with E-state index < -0.39 is 6.10 Å². The smallest absolute Gasteiger partial charge is 0.235 e. The largest absolute Gasteiger partial charge is 0.481 e. The van der Waals surface area contributed by atoms with Crippen LogP contribution < -0.4 is 15.4 Å². The number of amides is 1. The summed E-state index contributed by atoms with van der Waals surface area (Å²) in [6.07, 6.45) is 1.78. The molecule has 5 rings (SSSR count). The zero-order valence-corrected chi connectivity index (χ0v) is 20.7. The summed E-state index contributed by atoms with van der Waals surface area (Å²) in [6, 6.07) is 9.78. The Morgan fingerprint density at radius 2 is 2.19 bits per heavy atom. The average molecular weight is 506 g/mol. The van der Waals surface area contributed by atoms with E-state index in [1.165, 1.54) is 11.8 Å². The Morgan fingerprint density at radius 1 is 1.31 bits per heavy atom. The third kappa shape index (κ3) is 5.27. The van der Waals surface area contributed by atoms with E-state index in [-0.39, 0.29) is 11.8 Å². The maximum atomic E-state index is 11.6. The van der Waals surface area contributed by atoms with Crippen molar-refractivity contribution in [3.05, 3.63) is 47.3 Å². The summed E-state index contributed by atoms with van der Waals surface area (Å²) in [5.41, 5.74) is 3.60. The Labute approximate surface area is 213 Å². The number of methoxy groups -OCH3 is 1. The van der Waals surface area contributed by atoms with Gasteiger partial charge >= 0.3 is 0 Å². The fourth-order valence-electron chi connectivity index (χ4n) is 4.65. The van der Waals surface area contributed by atoms with Crippen LogP contribution in [0, 0.1) is 17.2 Å². The number of β-amino-alcohol motifs (C(OH)–C–C–N with tert-alkyl or cyclic N) is 1. The van der Waals surface area contributed by atoms with E-state index in [0.29, 0.717) is 61.1 Å². The van der Waals surface area contributed by atoms with Gasteiger partial charge in [0.05, 0.1) is 46.2 Å². The van der Waals surface area contributed by atoms with E-state index in [9.17, 15) is 15.2 Å². The number of carbonyl (C=O) groups excluding carboxylic acids is 1. The van der Waals surface area contributed by atoms with E-state index in [1.807, 2.05) is 18.2 Å². The molecule has 0 unspecified atom stereocenters. The predicted octanol–water partition coefficient (Wildman–Crippen LogP) is 1.57. The maximum absolute atomic E-state index is 11.6. The second-order valence-electron chi connectivity index (χ2n) is 8.94. The van der Waals surface area contributed by atoms with Crippen LogP contribution in [0.5, 0.6) is 5.88 Å². The van der Waals surface area contributed by atoms with Gasteiger partial charge in [-0.25, -0.2) is 9.97 Å². The van der Waals surface area contributed by atoms with Gasteiger partial charge in [-0.3, -0.25) is 9.78 Å². The fraction of sp³-hybridized carbons (Fsp3) is 0.400. The molecule has 2 aliphatic heterocycles. The number of thioether (sulfide) groups is 1. The number of hydrogen-bond acceptors (Lipinski definition) is 10. The highest BCUT2D eigenvalue weighted by Crippen LogP contribution is 2.29. The standard InChI is InChI=1S/C25H27N7O3S/c1-35-23-5-3-19-24(31-23)18(15(8-26)10-28-19)6-7-32-12-16(20(33)13-32)9-27-11-17-2-4-21-25(29-17)30-22(34)14-36-21/h2-5,10,16,20,27,33H,6-7,9,11-14H2,1H3,(H,29,30,34)/t16-,20+/m0/s1. The van der Waals surface area contributed by atoms with Crippen LogP contribution >= 0.6 is 11.8 Å². The third-order valence-corrected chi connectivity index (χ3v) is 7.57. The van der Waals surface area contributed by atoms with Crippen molar-refractivity contribution in [2.75, 3.05) is 44.4 Å². The van der Waals surface area contributed by atoms with Crippen molar-refractivity contribution >= 4 is 34.5 Å². The van der Waals surface area contributed by atoms with Crippen molar-refractivity contribution in [1.29, 1.82) is 5.26 Å². The molecule has 0 aromatic carbocycles. The second-order valence-corrected chi connectivity index (χ2v) is 9.95. The first-order valence-electron chi connectivity index (χ1n) is 11.8. The summed E-state index contributed by atoms with van der Waals surface area (Å²) < 4.78 is 5.26. The topological polar surface area (TPSA) is 136 Å². The Morgan fingerprint density at radius 3 is 3.03 bits per heavy atom. The van der Waals surface area contributed by atoms with Crippen molar-refractivity contribution < 1.29 is 14.6 Å². The van der Waals surface area contributed by atoms with Gasteiger partial charge in [-0.2, -0.15) is 5.26 Å². The molecule has 186 valence electrons. The fourth-order valence-corrected chi connectivity index (χ4v) is 5.40. The lowest BCUT2D eigenvalue weighted by Crippen LogP contribution is -2.30. The van der Waals surface area contributed by atoms with Gasteiger partial charge in [-0.1, -0.05) is 0 Å². The lowest BCUT2D eigenvalue weighted by atomic mass is 10.0. The molecule has 3 aromatic heterocycles. The molecule has 1 fully saturated rings. The molecular weight excluding hydrogens is 478 g/mol. The van der Waals surface area contributed by atoms with Crippen molar-refractivity contribution in [3.8, 4) is 11.9 Å². The van der Waals surface area contributed by atoms with Gasteiger partial charge in [0.15, 0.2) is 0 Å². The van der Waals surface area contributed by atoms with Gasteiger partial charge in [0.25, 0.3) is 0 Å². The number of aliphatic hydroxyl groups excluding tert-OH is 1. The third-order valence-electron chi connectivity index (χ3n) is 6.53. The molecule has 5 heterocycles. The molecular formula is C25H27N7O3S. The highest BCUT2D eigenvalue weighted by molar-refractivity contribution is 8.00. The molecule has 0 aliphatic carbocycles. The highest BCUT2D eigenvalue weighted by Gasteiger charge is 2.31. The average Bonchev–Trinajstić information content (AvgIpc) is 3.25. The first kappa shape index (κ1) is 24.4. The predicted molar refractivity (Wildman–Crippen MR) is 136 cm³/mol. The number of rotatable bonds is 8. The Bertz CT molecular complexity index is 1330. The molecule has 0 spiro atoms.